The Morgan fingerprint density at radius 3 is 2.72 bits per heavy atom. The number of fused-ring (bicyclic) bond motifs is 1. The van der Waals surface area contributed by atoms with E-state index in [4.69, 9.17) is 0 Å². The summed E-state index contributed by atoms with van der Waals surface area (Å²) >= 11 is 3.26. The number of benzene rings is 1. The lowest BCUT2D eigenvalue weighted by atomic mass is 10.2. The Morgan fingerprint density at radius 2 is 2.00 bits per heavy atom. The molecule has 0 saturated carbocycles. The van der Waals surface area contributed by atoms with E-state index in [1.54, 1.807) is 18.3 Å². The van der Waals surface area contributed by atoms with E-state index < -0.39 is 29.5 Å². The van der Waals surface area contributed by atoms with E-state index in [1.165, 1.54) is 10.6 Å². The van der Waals surface area contributed by atoms with Crippen LogP contribution in [0.5, 0.6) is 5.75 Å². The predicted octanol–water partition coefficient (Wildman–Crippen LogP) is 4.39. The fraction of sp³-hybridized carbons (Fsp3) is 0.0667. The van der Waals surface area contributed by atoms with Crippen LogP contribution in [0, 0.1) is 5.82 Å². The molecule has 1 N–H and O–H groups in total. The van der Waals surface area contributed by atoms with Crippen LogP contribution >= 0.6 is 15.9 Å². The van der Waals surface area contributed by atoms with Crippen molar-refractivity contribution in [1.29, 1.82) is 0 Å². The topological polar surface area (TPSA) is 55.6 Å². The van der Waals surface area contributed by atoms with Gasteiger partial charge in [0.05, 0.1) is 11.9 Å². The Hall–Kier alpha value is -2.62. The summed E-state index contributed by atoms with van der Waals surface area (Å²) in [6.45, 7) is 0. The summed E-state index contributed by atoms with van der Waals surface area (Å²) in [5, 5.41) is 2.21. The fourth-order valence-electron chi connectivity index (χ4n) is 2.11. The molecule has 0 saturated heterocycles. The number of ether oxygens (including phenoxy) is 1. The normalized spacial score (nSPS) is 11.6. The van der Waals surface area contributed by atoms with E-state index in [1.807, 2.05) is 0 Å². The van der Waals surface area contributed by atoms with Gasteiger partial charge in [-0.1, -0.05) is 15.9 Å². The first-order valence-corrected chi connectivity index (χ1v) is 7.51. The summed E-state index contributed by atoms with van der Waals surface area (Å²) in [4.78, 5) is 16.3. The number of nitrogens with one attached hydrogen (secondary N) is 1. The van der Waals surface area contributed by atoms with Crippen LogP contribution in [0.25, 0.3) is 5.65 Å². The Balaban J connectivity index is 1.88. The molecule has 1 aromatic carbocycles. The lowest BCUT2D eigenvalue weighted by Gasteiger charge is -2.11. The molecule has 10 heteroatoms. The third-order valence-corrected chi connectivity index (χ3v) is 3.62. The Bertz CT molecular complexity index is 956. The molecule has 0 aliphatic carbocycles. The summed E-state index contributed by atoms with van der Waals surface area (Å²) in [6.07, 6.45) is -2.08. The van der Waals surface area contributed by atoms with Crippen LogP contribution < -0.4 is 10.1 Å². The van der Waals surface area contributed by atoms with Gasteiger partial charge in [-0.15, -0.1) is 13.2 Å². The number of pyridine rings is 1. The predicted molar refractivity (Wildman–Crippen MR) is 83.9 cm³/mol. The highest BCUT2D eigenvalue weighted by atomic mass is 79.9. The zero-order valence-electron chi connectivity index (χ0n) is 12.1. The third kappa shape index (κ3) is 3.90. The SMILES string of the molecule is O=C(Nc1cc(OC(F)(F)F)ccc1F)c1cnc2cc(Br)ccn12. The van der Waals surface area contributed by atoms with E-state index in [2.05, 4.69) is 31.0 Å². The average Bonchev–Trinajstić information content (AvgIpc) is 2.92. The van der Waals surface area contributed by atoms with Gasteiger partial charge in [-0.3, -0.25) is 9.20 Å². The maximum Gasteiger partial charge on any atom is 0.573 e. The van der Waals surface area contributed by atoms with Gasteiger partial charge in [0.1, 0.15) is 22.9 Å². The molecule has 0 fully saturated rings. The molecular formula is C15H8BrF4N3O2. The van der Waals surface area contributed by atoms with Crippen LogP contribution in [0.15, 0.2) is 47.2 Å². The lowest BCUT2D eigenvalue weighted by molar-refractivity contribution is -0.274. The number of carbonyl (C=O) groups is 1. The molecule has 130 valence electrons. The van der Waals surface area contributed by atoms with E-state index in [0.29, 0.717) is 5.65 Å². The monoisotopic (exact) mass is 417 g/mol. The Labute approximate surface area is 146 Å². The maximum atomic E-state index is 13.8. The van der Waals surface area contributed by atoms with Crippen LogP contribution in [0.3, 0.4) is 0 Å². The van der Waals surface area contributed by atoms with Gasteiger partial charge in [0.15, 0.2) is 0 Å². The number of alkyl halides is 3. The first kappa shape index (κ1) is 17.2. The molecule has 0 aliphatic heterocycles. The summed E-state index contributed by atoms with van der Waals surface area (Å²) in [5.74, 6) is -2.29. The van der Waals surface area contributed by atoms with E-state index in [9.17, 15) is 22.4 Å². The highest BCUT2D eigenvalue weighted by Gasteiger charge is 2.31. The molecule has 0 aliphatic rings. The molecule has 3 rings (SSSR count). The number of nitrogens with zero attached hydrogens (tertiary/aromatic N) is 2. The van der Waals surface area contributed by atoms with Crippen LogP contribution in [0.1, 0.15) is 10.5 Å². The van der Waals surface area contributed by atoms with Gasteiger partial charge >= 0.3 is 6.36 Å². The second kappa shape index (κ2) is 6.36. The van der Waals surface area contributed by atoms with Crippen LogP contribution in [0.2, 0.25) is 0 Å². The number of rotatable bonds is 3. The summed E-state index contributed by atoms with van der Waals surface area (Å²) in [5.41, 5.74) is 0.108. The molecule has 0 spiro atoms. The quantitative estimate of drug-likeness (QED) is 0.643. The maximum absolute atomic E-state index is 13.8. The van der Waals surface area contributed by atoms with Crippen molar-refractivity contribution in [2.24, 2.45) is 0 Å². The largest absolute Gasteiger partial charge is 0.573 e. The van der Waals surface area contributed by atoms with Gasteiger partial charge in [-0.25, -0.2) is 9.37 Å². The van der Waals surface area contributed by atoms with E-state index in [-0.39, 0.29) is 5.69 Å². The zero-order valence-corrected chi connectivity index (χ0v) is 13.7. The van der Waals surface area contributed by atoms with Crippen molar-refractivity contribution in [3.63, 3.8) is 0 Å². The minimum absolute atomic E-state index is 0.0871. The lowest BCUT2D eigenvalue weighted by Crippen LogP contribution is -2.18. The molecule has 0 bridgehead atoms. The Morgan fingerprint density at radius 1 is 1.24 bits per heavy atom. The van der Waals surface area contributed by atoms with Gasteiger partial charge in [-0.2, -0.15) is 0 Å². The molecule has 2 heterocycles. The van der Waals surface area contributed by atoms with Gasteiger partial charge in [0, 0.05) is 16.7 Å². The number of amides is 1. The molecule has 1 amide bonds. The summed E-state index contributed by atoms with van der Waals surface area (Å²) in [7, 11) is 0. The van der Waals surface area contributed by atoms with Crippen molar-refractivity contribution in [2.75, 3.05) is 5.32 Å². The third-order valence-electron chi connectivity index (χ3n) is 3.13. The van der Waals surface area contributed by atoms with Crippen LogP contribution in [-0.2, 0) is 0 Å². The van der Waals surface area contributed by atoms with Crippen molar-refractivity contribution in [1.82, 2.24) is 9.38 Å². The Kier molecular flexibility index (Phi) is 4.38. The number of aromatic nitrogens is 2. The number of halogens is 5. The molecular weight excluding hydrogens is 410 g/mol. The second-order valence-electron chi connectivity index (χ2n) is 4.86. The molecule has 2 aromatic heterocycles. The number of carbonyl (C=O) groups excluding carboxylic acids is 1. The average molecular weight is 418 g/mol. The van der Waals surface area contributed by atoms with Gasteiger partial charge in [-0.05, 0) is 24.3 Å². The molecule has 5 nitrogen and oxygen atoms in total. The number of anilines is 1. The molecule has 25 heavy (non-hydrogen) atoms. The van der Waals surface area contributed by atoms with Crippen molar-refractivity contribution < 1.29 is 27.1 Å². The van der Waals surface area contributed by atoms with Gasteiger partial charge in [0.2, 0.25) is 0 Å². The highest BCUT2D eigenvalue weighted by molar-refractivity contribution is 9.10. The molecule has 0 radical (unpaired) electrons. The zero-order chi connectivity index (χ0) is 18.2. The summed E-state index contributed by atoms with van der Waals surface area (Å²) < 4.78 is 56.4. The van der Waals surface area contributed by atoms with Crippen LogP contribution in [0.4, 0.5) is 23.2 Å². The number of imidazole rings is 1. The molecule has 0 atom stereocenters. The molecule has 3 aromatic rings. The van der Waals surface area contributed by atoms with Crippen LogP contribution in [-0.4, -0.2) is 21.7 Å². The first-order valence-electron chi connectivity index (χ1n) is 6.72. The standard InChI is InChI=1S/C15H8BrF4N3O2/c16-8-3-4-23-12(7-21-13(23)5-8)14(24)22-11-6-9(1-2-10(11)17)25-15(18,19)20/h1-7H,(H,22,24). The van der Waals surface area contributed by atoms with Crippen molar-refractivity contribution in [3.05, 3.63) is 58.7 Å². The second-order valence-corrected chi connectivity index (χ2v) is 5.78. The minimum atomic E-state index is -4.92. The minimum Gasteiger partial charge on any atom is -0.406 e. The smallest absolute Gasteiger partial charge is 0.406 e. The number of hydrogen-bond acceptors (Lipinski definition) is 3. The molecule has 0 unspecified atom stereocenters. The van der Waals surface area contributed by atoms with Crippen molar-refractivity contribution in [2.45, 2.75) is 6.36 Å². The first-order chi connectivity index (χ1) is 11.7. The fourth-order valence-corrected chi connectivity index (χ4v) is 2.43. The van der Waals surface area contributed by atoms with Crippen molar-refractivity contribution in [3.8, 4) is 5.75 Å². The summed E-state index contributed by atoms with van der Waals surface area (Å²) in [6, 6.07) is 5.66. The number of hydrogen-bond donors (Lipinski definition) is 1. The van der Waals surface area contributed by atoms with E-state index >= 15 is 0 Å². The van der Waals surface area contributed by atoms with E-state index in [0.717, 1.165) is 22.7 Å². The van der Waals surface area contributed by atoms with Gasteiger partial charge in [0.25, 0.3) is 5.91 Å². The van der Waals surface area contributed by atoms with Gasteiger partial charge < -0.3 is 10.1 Å². The highest BCUT2D eigenvalue weighted by Crippen LogP contribution is 2.27. The van der Waals surface area contributed by atoms with Crippen molar-refractivity contribution >= 4 is 33.2 Å².